The van der Waals surface area contributed by atoms with Crippen LogP contribution in [0, 0.1) is 5.92 Å². The summed E-state index contributed by atoms with van der Waals surface area (Å²) in [5.74, 6) is 0.0680. The molecule has 0 fully saturated rings. The molecule has 1 aromatic rings. The van der Waals surface area contributed by atoms with Gasteiger partial charge in [-0.25, -0.2) is 4.79 Å². The fourth-order valence-electron chi connectivity index (χ4n) is 1.03. The van der Waals surface area contributed by atoms with Crippen LogP contribution in [0.2, 0.25) is 0 Å². The molecule has 78 valence electrons. The van der Waals surface area contributed by atoms with Crippen molar-refractivity contribution >= 4 is 11.9 Å². The summed E-state index contributed by atoms with van der Waals surface area (Å²) in [6.45, 7) is 5.06. The van der Waals surface area contributed by atoms with E-state index in [0.717, 1.165) is 13.0 Å². The van der Waals surface area contributed by atoms with Crippen LogP contribution in [0.25, 0.3) is 0 Å². The van der Waals surface area contributed by atoms with Crippen LogP contribution in [0.15, 0.2) is 16.5 Å². The largest absolute Gasteiger partial charge is 0.475 e. The zero-order chi connectivity index (χ0) is 10.6. The highest BCUT2D eigenvalue weighted by Crippen LogP contribution is 2.13. The zero-order valence-electron chi connectivity index (χ0n) is 8.41. The molecule has 4 heteroatoms. The smallest absolute Gasteiger partial charge is 0.371 e. The summed E-state index contributed by atoms with van der Waals surface area (Å²) in [4.78, 5) is 10.5. The number of hydrogen-bond donors (Lipinski definition) is 2. The van der Waals surface area contributed by atoms with Gasteiger partial charge in [-0.2, -0.15) is 0 Å². The monoisotopic (exact) mass is 197 g/mol. The maximum Gasteiger partial charge on any atom is 0.371 e. The van der Waals surface area contributed by atoms with Crippen molar-refractivity contribution in [2.75, 3.05) is 11.9 Å². The molecule has 2 N–H and O–H groups in total. The molecule has 0 atom stereocenters. The third-order valence-corrected chi connectivity index (χ3v) is 1.84. The lowest BCUT2D eigenvalue weighted by atomic mass is 10.1. The van der Waals surface area contributed by atoms with Gasteiger partial charge in [-0.15, -0.1) is 0 Å². The van der Waals surface area contributed by atoms with E-state index in [2.05, 4.69) is 19.2 Å². The fraction of sp³-hybridized carbons (Fsp3) is 0.500. The molecular formula is C10H15NO3. The molecule has 0 aliphatic rings. The molecule has 0 aliphatic heterocycles. The Morgan fingerprint density at radius 2 is 2.29 bits per heavy atom. The van der Waals surface area contributed by atoms with Gasteiger partial charge in [-0.1, -0.05) is 13.8 Å². The Bertz CT molecular complexity index is 304. The first kappa shape index (κ1) is 10.6. The van der Waals surface area contributed by atoms with E-state index in [1.165, 1.54) is 6.07 Å². The lowest BCUT2D eigenvalue weighted by molar-refractivity contribution is 0.0663. The highest BCUT2D eigenvalue weighted by Gasteiger charge is 2.07. The van der Waals surface area contributed by atoms with E-state index in [4.69, 9.17) is 9.52 Å². The van der Waals surface area contributed by atoms with Crippen molar-refractivity contribution in [1.82, 2.24) is 0 Å². The third kappa shape index (κ3) is 3.12. The third-order valence-electron chi connectivity index (χ3n) is 1.84. The van der Waals surface area contributed by atoms with Crippen LogP contribution in [0.1, 0.15) is 30.8 Å². The molecule has 4 nitrogen and oxygen atoms in total. The summed E-state index contributed by atoms with van der Waals surface area (Å²) < 4.78 is 5.02. The Hall–Kier alpha value is -1.45. The van der Waals surface area contributed by atoms with Crippen LogP contribution in [0.3, 0.4) is 0 Å². The second-order valence-electron chi connectivity index (χ2n) is 3.58. The molecule has 0 aromatic carbocycles. The van der Waals surface area contributed by atoms with E-state index in [9.17, 15) is 4.79 Å². The normalized spacial score (nSPS) is 10.5. The van der Waals surface area contributed by atoms with Gasteiger partial charge in [0, 0.05) is 12.6 Å². The van der Waals surface area contributed by atoms with Gasteiger partial charge in [-0.3, -0.25) is 0 Å². The Kier molecular flexibility index (Phi) is 3.56. The van der Waals surface area contributed by atoms with E-state index in [1.54, 1.807) is 6.07 Å². The van der Waals surface area contributed by atoms with Crippen LogP contribution in [-0.2, 0) is 0 Å². The summed E-state index contributed by atoms with van der Waals surface area (Å²) >= 11 is 0. The van der Waals surface area contributed by atoms with Crippen molar-refractivity contribution in [3.05, 3.63) is 17.9 Å². The quantitative estimate of drug-likeness (QED) is 0.761. The van der Waals surface area contributed by atoms with Crippen molar-refractivity contribution in [3.63, 3.8) is 0 Å². The molecule has 0 saturated carbocycles. The van der Waals surface area contributed by atoms with Gasteiger partial charge in [0.15, 0.2) is 5.88 Å². The van der Waals surface area contributed by atoms with E-state index in [1.807, 2.05) is 0 Å². The van der Waals surface area contributed by atoms with Gasteiger partial charge in [-0.05, 0) is 18.4 Å². The standard InChI is InChI=1S/C10H15NO3/c1-7(2)5-6-11-9-4-3-8(14-9)10(12)13/h3-4,7,11H,5-6H2,1-2H3,(H,12,13). The molecule has 1 aromatic heterocycles. The number of carbonyl (C=O) groups is 1. The SMILES string of the molecule is CC(C)CCNc1ccc(C(=O)O)o1. The minimum Gasteiger partial charge on any atom is -0.475 e. The van der Waals surface area contributed by atoms with Crippen molar-refractivity contribution in [3.8, 4) is 0 Å². The highest BCUT2D eigenvalue weighted by atomic mass is 16.4. The van der Waals surface area contributed by atoms with E-state index in [-0.39, 0.29) is 5.76 Å². The molecular weight excluding hydrogens is 182 g/mol. The second kappa shape index (κ2) is 4.69. The Labute approximate surface area is 82.9 Å². The predicted molar refractivity (Wildman–Crippen MR) is 53.6 cm³/mol. The Morgan fingerprint density at radius 1 is 1.57 bits per heavy atom. The minimum absolute atomic E-state index is 0.0305. The Morgan fingerprint density at radius 3 is 2.79 bits per heavy atom. The second-order valence-corrected chi connectivity index (χ2v) is 3.58. The molecule has 0 amide bonds. The van der Waals surface area contributed by atoms with Crippen molar-refractivity contribution in [2.24, 2.45) is 5.92 Å². The number of nitrogens with one attached hydrogen (secondary N) is 1. The summed E-state index contributed by atoms with van der Waals surface area (Å²) in [5.41, 5.74) is 0. The molecule has 0 spiro atoms. The average Bonchev–Trinajstić information content (AvgIpc) is 2.52. The van der Waals surface area contributed by atoms with Crippen molar-refractivity contribution in [1.29, 1.82) is 0 Å². The average molecular weight is 197 g/mol. The first-order chi connectivity index (χ1) is 6.59. The molecule has 0 aliphatic carbocycles. The number of carboxylic acids is 1. The van der Waals surface area contributed by atoms with E-state index >= 15 is 0 Å². The van der Waals surface area contributed by atoms with E-state index < -0.39 is 5.97 Å². The molecule has 0 saturated heterocycles. The van der Waals surface area contributed by atoms with Crippen molar-refractivity contribution in [2.45, 2.75) is 20.3 Å². The van der Waals surface area contributed by atoms with Crippen LogP contribution in [0.4, 0.5) is 5.88 Å². The van der Waals surface area contributed by atoms with Crippen LogP contribution >= 0.6 is 0 Å². The number of aromatic carboxylic acids is 1. The minimum atomic E-state index is -1.04. The van der Waals surface area contributed by atoms with Crippen LogP contribution < -0.4 is 5.32 Å². The highest BCUT2D eigenvalue weighted by molar-refractivity contribution is 5.84. The van der Waals surface area contributed by atoms with Gasteiger partial charge in [0.2, 0.25) is 5.76 Å². The maximum atomic E-state index is 10.5. The lowest BCUT2D eigenvalue weighted by Gasteiger charge is -2.04. The molecule has 0 radical (unpaired) electrons. The predicted octanol–water partition coefficient (Wildman–Crippen LogP) is 2.44. The van der Waals surface area contributed by atoms with Crippen LogP contribution in [0.5, 0.6) is 0 Å². The van der Waals surface area contributed by atoms with Gasteiger partial charge in [0.25, 0.3) is 0 Å². The first-order valence-electron chi connectivity index (χ1n) is 4.66. The Balaban J connectivity index is 2.40. The zero-order valence-corrected chi connectivity index (χ0v) is 8.41. The summed E-state index contributed by atoms with van der Waals surface area (Å²) in [6.07, 6.45) is 1.03. The summed E-state index contributed by atoms with van der Waals surface area (Å²) in [5, 5.41) is 11.6. The van der Waals surface area contributed by atoms with E-state index in [0.29, 0.717) is 11.8 Å². The van der Waals surface area contributed by atoms with Gasteiger partial charge >= 0.3 is 5.97 Å². The molecule has 1 heterocycles. The van der Waals surface area contributed by atoms with Crippen LogP contribution in [-0.4, -0.2) is 17.6 Å². The number of anilines is 1. The number of carboxylic acid groups (broad SMARTS) is 1. The van der Waals surface area contributed by atoms with Gasteiger partial charge in [0.05, 0.1) is 0 Å². The number of hydrogen-bond acceptors (Lipinski definition) is 3. The maximum absolute atomic E-state index is 10.5. The fourth-order valence-corrected chi connectivity index (χ4v) is 1.03. The topological polar surface area (TPSA) is 62.5 Å². The lowest BCUT2D eigenvalue weighted by Crippen LogP contribution is -2.03. The van der Waals surface area contributed by atoms with Gasteiger partial charge < -0.3 is 14.8 Å². The molecule has 0 unspecified atom stereocenters. The summed E-state index contributed by atoms with van der Waals surface area (Å²) in [6, 6.07) is 3.07. The molecule has 1 rings (SSSR count). The first-order valence-corrected chi connectivity index (χ1v) is 4.66. The summed E-state index contributed by atoms with van der Waals surface area (Å²) in [7, 11) is 0. The molecule has 0 bridgehead atoms. The van der Waals surface area contributed by atoms with Gasteiger partial charge in [0.1, 0.15) is 0 Å². The molecule has 14 heavy (non-hydrogen) atoms. The number of furan rings is 1. The van der Waals surface area contributed by atoms with Crippen molar-refractivity contribution < 1.29 is 14.3 Å². The number of rotatable bonds is 5.